The first-order chi connectivity index (χ1) is 13.9. The van der Waals surface area contributed by atoms with Crippen LogP contribution in [0.4, 0.5) is 5.69 Å². The molecular weight excluding hydrogens is 386 g/mol. The zero-order valence-corrected chi connectivity index (χ0v) is 17.8. The van der Waals surface area contributed by atoms with Crippen LogP contribution in [0.3, 0.4) is 0 Å². The van der Waals surface area contributed by atoms with E-state index in [0.717, 1.165) is 6.42 Å². The summed E-state index contributed by atoms with van der Waals surface area (Å²) in [7, 11) is 0. The Morgan fingerprint density at radius 1 is 1.03 bits per heavy atom. The van der Waals surface area contributed by atoms with Crippen molar-refractivity contribution in [2.75, 3.05) is 18.5 Å². The maximum absolute atomic E-state index is 12.4. The van der Waals surface area contributed by atoms with Crippen LogP contribution in [-0.2, 0) is 0 Å². The summed E-state index contributed by atoms with van der Waals surface area (Å²) in [6.07, 6.45) is 0.881. The number of hydrogen-bond acceptors (Lipinski definition) is 4. The predicted octanol–water partition coefficient (Wildman–Crippen LogP) is 3.99. The highest BCUT2D eigenvalue weighted by Gasteiger charge is 2.10. The predicted molar refractivity (Wildman–Crippen MR) is 120 cm³/mol. The van der Waals surface area contributed by atoms with Crippen molar-refractivity contribution in [2.24, 2.45) is 5.92 Å². The molecule has 2 rings (SSSR count). The maximum atomic E-state index is 12.4. The third-order valence-electron chi connectivity index (χ3n) is 3.85. The zero-order valence-electron chi connectivity index (χ0n) is 17.0. The number of rotatable bonds is 8. The van der Waals surface area contributed by atoms with Crippen molar-refractivity contribution in [3.05, 3.63) is 59.7 Å². The van der Waals surface area contributed by atoms with E-state index in [2.05, 4.69) is 29.8 Å². The first kappa shape index (κ1) is 22.4. The molecule has 0 aliphatic carbocycles. The van der Waals surface area contributed by atoms with Gasteiger partial charge in [-0.15, -0.1) is 0 Å². The first-order valence-electron chi connectivity index (χ1n) is 9.62. The summed E-state index contributed by atoms with van der Waals surface area (Å²) in [5, 5.41) is 8.58. The Bertz CT molecular complexity index is 851. The number of nitrogens with one attached hydrogen (secondary N) is 3. The van der Waals surface area contributed by atoms with Gasteiger partial charge in [-0.2, -0.15) is 0 Å². The molecule has 0 heterocycles. The lowest BCUT2D eigenvalue weighted by Crippen LogP contribution is -2.34. The van der Waals surface area contributed by atoms with Crippen LogP contribution in [0.1, 0.15) is 47.9 Å². The van der Waals surface area contributed by atoms with Crippen LogP contribution in [0.15, 0.2) is 48.5 Å². The summed E-state index contributed by atoms with van der Waals surface area (Å²) < 4.78 is 5.65. The molecule has 0 fully saturated rings. The van der Waals surface area contributed by atoms with Crippen molar-refractivity contribution in [3.8, 4) is 5.75 Å². The molecule has 0 atom stereocenters. The van der Waals surface area contributed by atoms with E-state index < -0.39 is 0 Å². The molecule has 0 bridgehead atoms. The molecule has 3 N–H and O–H groups in total. The fourth-order valence-electron chi connectivity index (χ4n) is 2.37. The van der Waals surface area contributed by atoms with Crippen LogP contribution in [0.2, 0.25) is 0 Å². The average Bonchev–Trinajstić information content (AvgIpc) is 2.71. The van der Waals surface area contributed by atoms with Gasteiger partial charge in [0.1, 0.15) is 5.75 Å². The van der Waals surface area contributed by atoms with Gasteiger partial charge in [0.25, 0.3) is 11.8 Å². The van der Waals surface area contributed by atoms with E-state index in [9.17, 15) is 9.59 Å². The standard InChI is InChI=1S/C22H27N3O3S/c1-4-12-23-20(26)16-8-10-18(11-9-16)24-22(29)25-21(27)17-6-5-7-19(13-17)28-14-15(2)3/h5-11,13,15H,4,12,14H2,1-3H3,(H,23,26)(H2,24,25,27,29). The molecule has 0 unspecified atom stereocenters. The van der Waals surface area contributed by atoms with Gasteiger partial charge < -0.3 is 15.4 Å². The van der Waals surface area contributed by atoms with Gasteiger partial charge in [0, 0.05) is 23.4 Å². The highest BCUT2D eigenvalue weighted by Crippen LogP contribution is 2.15. The van der Waals surface area contributed by atoms with Gasteiger partial charge in [-0.3, -0.25) is 14.9 Å². The molecule has 6 nitrogen and oxygen atoms in total. The Morgan fingerprint density at radius 3 is 2.41 bits per heavy atom. The fourth-order valence-corrected chi connectivity index (χ4v) is 2.58. The van der Waals surface area contributed by atoms with E-state index >= 15 is 0 Å². The van der Waals surface area contributed by atoms with Gasteiger partial charge >= 0.3 is 0 Å². The van der Waals surface area contributed by atoms with Crippen molar-refractivity contribution in [2.45, 2.75) is 27.2 Å². The normalized spacial score (nSPS) is 10.3. The second-order valence-electron chi connectivity index (χ2n) is 6.97. The van der Waals surface area contributed by atoms with Crippen molar-refractivity contribution in [1.82, 2.24) is 10.6 Å². The molecule has 154 valence electrons. The van der Waals surface area contributed by atoms with Crippen molar-refractivity contribution in [1.29, 1.82) is 0 Å². The van der Waals surface area contributed by atoms with E-state index in [1.54, 1.807) is 42.5 Å². The number of benzene rings is 2. The molecule has 0 saturated heterocycles. The second-order valence-corrected chi connectivity index (χ2v) is 7.38. The highest BCUT2D eigenvalue weighted by atomic mass is 32.1. The Morgan fingerprint density at radius 2 is 1.76 bits per heavy atom. The lowest BCUT2D eigenvalue weighted by molar-refractivity contribution is 0.0951. The van der Waals surface area contributed by atoms with Gasteiger partial charge in [-0.1, -0.05) is 26.8 Å². The zero-order chi connectivity index (χ0) is 21.2. The van der Waals surface area contributed by atoms with Crippen molar-refractivity contribution >= 4 is 34.8 Å². The largest absolute Gasteiger partial charge is 0.493 e. The lowest BCUT2D eigenvalue weighted by atomic mass is 10.2. The molecule has 7 heteroatoms. The number of ether oxygens (including phenoxy) is 1. The average molecular weight is 414 g/mol. The summed E-state index contributed by atoms with van der Waals surface area (Å²) in [4.78, 5) is 24.4. The lowest BCUT2D eigenvalue weighted by Gasteiger charge is -2.12. The third-order valence-corrected chi connectivity index (χ3v) is 4.05. The molecule has 0 aromatic heterocycles. The summed E-state index contributed by atoms with van der Waals surface area (Å²) in [6.45, 7) is 7.34. The number of carbonyl (C=O) groups is 2. The molecule has 29 heavy (non-hydrogen) atoms. The van der Waals surface area contributed by atoms with Crippen LogP contribution in [0.25, 0.3) is 0 Å². The number of anilines is 1. The minimum absolute atomic E-state index is 0.117. The molecular formula is C22H27N3O3S. The van der Waals surface area contributed by atoms with E-state index in [1.165, 1.54) is 0 Å². The first-order valence-corrected chi connectivity index (χ1v) is 10.0. The van der Waals surface area contributed by atoms with Crippen LogP contribution < -0.4 is 20.7 Å². The van der Waals surface area contributed by atoms with Crippen molar-refractivity contribution < 1.29 is 14.3 Å². The summed E-state index contributed by atoms with van der Waals surface area (Å²) in [6, 6.07) is 13.8. The molecule has 2 aromatic carbocycles. The molecule has 0 aliphatic heterocycles. The van der Waals surface area contributed by atoms with E-state index in [4.69, 9.17) is 17.0 Å². The Balaban J connectivity index is 1.91. The molecule has 2 amide bonds. The van der Waals surface area contributed by atoms with Crippen molar-refractivity contribution in [3.63, 3.8) is 0 Å². The number of carbonyl (C=O) groups excluding carboxylic acids is 2. The smallest absolute Gasteiger partial charge is 0.257 e. The minimum Gasteiger partial charge on any atom is -0.493 e. The van der Waals surface area contributed by atoms with Gasteiger partial charge in [0.2, 0.25) is 0 Å². The molecule has 0 radical (unpaired) electrons. The van der Waals surface area contributed by atoms with Crippen LogP contribution >= 0.6 is 12.2 Å². The van der Waals surface area contributed by atoms with E-state index in [0.29, 0.717) is 41.6 Å². The second kappa shape index (κ2) is 11.2. The van der Waals surface area contributed by atoms with Crippen LogP contribution in [-0.4, -0.2) is 30.1 Å². The number of hydrogen-bond donors (Lipinski definition) is 3. The molecule has 0 saturated carbocycles. The Labute approximate surface area is 177 Å². The van der Waals surface area contributed by atoms with Crippen LogP contribution in [0, 0.1) is 5.92 Å². The molecule has 0 spiro atoms. The highest BCUT2D eigenvalue weighted by molar-refractivity contribution is 7.80. The number of amides is 2. The number of thiocarbonyl (C=S) groups is 1. The minimum atomic E-state index is -0.326. The van der Waals surface area contributed by atoms with E-state index in [1.807, 2.05) is 13.0 Å². The third kappa shape index (κ3) is 7.54. The summed E-state index contributed by atoms with van der Waals surface area (Å²) >= 11 is 5.22. The van der Waals surface area contributed by atoms with Gasteiger partial charge in [-0.25, -0.2) is 0 Å². The SMILES string of the molecule is CCCNC(=O)c1ccc(NC(=S)NC(=O)c2cccc(OCC(C)C)c2)cc1. The van der Waals surface area contributed by atoms with Gasteiger partial charge in [0.15, 0.2) is 5.11 Å². The van der Waals surface area contributed by atoms with Gasteiger partial charge in [-0.05, 0) is 67.0 Å². The summed E-state index contributed by atoms with van der Waals surface area (Å²) in [5.41, 5.74) is 1.70. The fraction of sp³-hybridized carbons (Fsp3) is 0.318. The van der Waals surface area contributed by atoms with Crippen LogP contribution in [0.5, 0.6) is 5.75 Å². The summed E-state index contributed by atoms with van der Waals surface area (Å²) in [5.74, 6) is 0.595. The topological polar surface area (TPSA) is 79.5 Å². The Hall–Kier alpha value is -2.93. The maximum Gasteiger partial charge on any atom is 0.257 e. The van der Waals surface area contributed by atoms with Gasteiger partial charge in [0.05, 0.1) is 6.61 Å². The quantitative estimate of drug-likeness (QED) is 0.571. The van der Waals surface area contributed by atoms with E-state index in [-0.39, 0.29) is 16.9 Å². The Kier molecular flexibility index (Phi) is 8.61. The molecule has 2 aromatic rings. The molecule has 0 aliphatic rings. The monoisotopic (exact) mass is 413 g/mol.